The van der Waals surface area contributed by atoms with Crippen molar-refractivity contribution < 1.29 is 19.1 Å². The summed E-state index contributed by atoms with van der Waals surface area (Å²) >= 11 is 0. The molecule has 2 aliphatic rings. The molecule has 0 saturated carbocycles. The zero-order chi connectivity index (χ0) is 18.5. The molecule has 8 heteroatoms. The van der Waals surface area contributed by atoms with Gasteiger partial charge in [0.1, 0.15) is 0 Å². The van der Waals surface area contributed by atoms with Gasteiger partial charge in [0.25, 0.3) is 5.91 Å². The second kappa shape index (κ2) is 9.80. The summed E-state index contributed by atoms with van der Waals surface area (Å²) in [5.74, 6) is 1.47. The molecule has 0 spiro atoms. The molecular weight excluding hydrogens is 370 g/mol. The average molecular weight is 398 g/mol. The first kappa shape index (κ1) is 21.3. The van der Waals surface area contributed by atoms with E-state index in [1.807, 2.05) is 4.90 Å². The molecule has 2 heterocycles. The van der Waals surface area contributed by atoms with E-state index in [9.17, 15) is 9.59 Å². The van der Waals surface area contributed by atoms with Gasteiger partial charge in [0, 0.05) is 37.7 Å². The predicted molar refractivity (Wildman–Crippen MR) is 105 cm³/mol. The highest BCUT2D eigenvalue weighted by Gasteiger charge is 2.30. The van der Waals surface area contributed by atoms with Crippen molar-refractivity contribution in [2.24, 2.45) is 5.92 Å². The minimum atomic E-state index is -0.0417. The molecule has 1 aromatic carbocycles. The van der Waals surface area contributed by atoms with Crippen LogP contribution in [0.25, 0.3) is 0 Å². The van der Waals surface area contributed by atoms with Crippen LogP contribution in [0.3, 0.4) is 0 Å². The molecule has 0 radical (unpaired) electrons. The van der Waals surface area contributed by atoms with E-state index in [1.165, 1.54) is 0 Å². The van der Waals surface area contributed by atoms with Crippen molar-refractivity contribution in [2.75, 3.05) is 53.5 Å². The Morgan fingerprint density at radius 1 is 0.963 bits per heavy atom. The lowest BCUT2D eigenvalue weighted by Gasteiger charge is -2.37. The number of carbonyl (C=O) groups is 2. The van der Waals surface area contributed by atoms with Crippen molar-refractivity contribution in [1.29, 1.82) is 0 Å². The van der Waals surface area contributed by atoms with Crippen molar-refractivity contribution in [3.05, 3.63) is 23.8 Å². The molecule has 1 aromatic rings. The van der Waals surface area contributed by atoms with E-state index in [2.05, 4.69) is 5.32 Å². The molecule has 1 N–H and O–H groups in total. The fraction of sp³-hybridized carbons (Fsp3) is 0.579. The molecule has 7 nitrogen and oxygen atoms in total. The Bertz CT molecular complexity index is 656. The van der Waals surface area contributed by atoms with Crippen molar-refractivity contribution >= 4 is 24.2 Å². The normalized spacial score (nSPS) is 17.9. The first-order valence-electron chi connectivity index (χ1n) is 9.15. The van der Waals surface area contributed by atoms with Gasteiger partial charge in [0.15, 0.2) is 11.5 Å². The summed E-state index contributed by atoms with van der Waals surface area (Å²) in [4.78, 5) is 29.1. The number of hydrogen-bond donors (Lipinski definition) is 1. The first-order valence-corrected chi connectivity index (χ1v) is 9.15. The molecule has 0 atom stereocenters. The van der Waals surface area contributed by atoms with Gasteiger partial charge in [-0.2, -0.15) is 0 Å². The van der Waals surface area contributed by atoms with Gasteiger partial charge in [-0.25, -0.2) is 0 Å². The van der Waals surface area contributed by atoms with E-state index in [-0.39, 0.29) is 30.1 Å². The SMILES string of the molecule is COc1ccc(C(=O)N2CCN(C(=O)C3CCNCC3)CC2)cc1OC.Cl. The molecule has 27 heavy (non-hydrogen) atoms. The van der Waals surface area contributed by atoms with E-state index in [1.54, 1.807) is 37.3 Å². The highest BCUT2D eigenvalue weighted by atomic mass is 35.5. The third-order valence-electron chi connectivity index (χ3n) is 5.20. The predicted octanol–water partition coefficient (Wildman–Crippen LogP) is 1.41. The van der Waals surface area contributed by atoms with Gasteiger partial charge in [0.05, 0.1) is 14.2 Å². The number of ether oxygens (including phenoxy) is 2. The molecule has 150 valence electrons. The summed E-state index contributed by atoms with van der Waals surface area (Å²) < 4.78 is 10.5. The summed E-state index contributed by atoms with van der Waals surface area (Å²) in [6, 6.07) is 5.19. The van der Waals surface area contributed by atoms with Gasteiger partial charge in [-0.05, 0) is 44.1 Å². The molecule has 0 aromatic heterocycles. The van der Waals surface area contributed by atoms with E-state index in [4.69, 9.17) is 9.47 Å². The quantitative estimate of drug-likeness (QED) is 0.831. The number of nitrogens with one attached hydrogen (secondary N) is 1. The smallest absolute Gasteiger partial charge is 0.254 e. The van der Waals surface area contributed by atoms with Crippen molar-refractivity contribution in [2.45, 2.75) is 12.8 Å². The maximum absolute atomic E-state index is 12.8. The lowest BCUT2D eigenvalue weighted by Crippen LogP contribution is -2.52. The number of amides is 2. The standard InChI is InChI=1S/C19H27N3O4.ClH/c1-25-16-4-3-15(13-17(16)26-2)19(24)22-11-9-21(10-12-22)18(23)14-5-7-20-8-6-14;/h3-4,13-14,20H,5-12H2,1-2H3;1H. The lowest BCUT2D eigenvalue weighted by atomic mass is 9.96. The number of halogens is 1. The summed E-state index contributed by atoms with van der Waals surface area (Å²) in [5.41, 5.74) is 0.570. The Morgan fingerprint density at radius 3 is 2.15 bits per heavy atom. The molecule has 3 rings (SSSR count). The molecule has 2 saturated heterocycles. The Hall–Kier alpha value is -1.99. The zero-order valence-electron chi connectivity index (χ0n) is 15.9. The monoisotopic (exact) mass is 397 g/mol. The summed E-state index contributed by atoms with van der Waals surface area (Å²) in [7, 11) is 3.12. The summed E-state index contributed by atoms with van der Waals surface area (Å²) in [6.45, 7) is 4.14. The van der Waals surface area contributed by atoms with Crippen LogP contribution in [0.15, 0.2) is 18.2 Å². The van der Waals surface area contributed by atoms with Crippen molar-refractivity contribution in [1.82, 2.24) is 15.1 Å². The van der Waals surface area contributed by atoms with Gasteiger partial charge in [-0.15, -0.1) is 12.4 Å². The molecule has 2 amide bonds. The number of hydrogen-bond acceptors (Lipinski definition) is 5. The molecular formula is C19H28ClN3O4. The van der Waals surface area contributed by atoms with Crippen LogP contribution in [0.5, 0.6) is 11.5 Å². The van der Waals surface area contributed by atoms with Crippen LogP contribution in [0.2, 0.25) is 0 Å². The number of methoxy groups -OCH3 is 2. The number of benzene rings is 1. The molecule has 2 aliphatic heterocycles. The topological polar surface area (TPSA) is 71.1 Å². The number of piperazine rings is 1. The van der Waals surface area contributed by atoms with Gasteiger partial charge in [-0.1, -0.05) is 0 Å². The van der Waals surface area contributed by atoms with Crippen LogP contribution < -0.4 is 14.8 Å². The third-order valence-corrected chi connectivity index (χ3v) is 5.20. The van der Waals surface area contributed by atoms with Crippen molar-refractivity contribution in [3.63, 3.8) is 0 Å². The van der Waals surface area contributed by atoms with Crippen LogP contribution in [0.1, 0.15) is 23.2 Å². The van der Waals surface area contributed by atoms with Crippen LogP contribution >= 0.6 is 12.4 Å². The number of rotatable bonds is 4. The fourth-order valence-corrected chi connectivity index (χ4v) is 3.61. The van der Waals surface area contributed by atoms with Gasteiger partial charge in [-0.3, -0.25) is 9.59 Å². The molecule has 2 fully saturated rings. The zero-order valence-corrected chi connectivity index (χ0v) is 16.7. The van der Waals surface area contributed by atoms with Crippen LogP contribution in [0.4, 0.5) is 0 Å². The minimum absolute atomic E-state index is 0. The van der Waals surface area contributed by atoms with E-state index >= 15 is 0 Å². The highest BCUT2D eigenvalue weighted by Crippen LogP contribution is 2.28. The largest absolute Gasteiger partial charge is 0.493 e. The molecule has 0 unspecified atom stereocenters. The van der Waals surface area contributed by atoms with E-state index < -0.39 is 0 Å². The minimum Gasteiger partial charge on any atom is -0.493 e. The Kier molecular flexibility index (Phi) is 7.74. The second-order valence-electron chi connectivity index (χ2n) is 6.71. The van der Waals surface area contributed by atoms with Gasteiger partial charge in [0.2, 0.25) is 5.91 Å². The Labute approximate surface area is 166 Å². The van der Waals surface area contributed by atoms with Gasteiger partial charge < -0.3 is 24.6 Å². The maximum Gasteiger partial charge on any atom is 0.254 e. The molecule has 0 bridgehead atoms. The van der Waals surface area contributed by atoms with Crippen LogP contribution in [0, 0.1) is 5.92 Å². The number of piperidine rings is 1. The van der Waals surface area contributed by atoms with Crippen LogP contribution in [-0.2, 0) is 4.79 Å². The highest BCUT2D eigenvalue weighted by molar-refractivity contribution is 5.95. The summed E-state index contributed by atoms with van der Waals surface area (Å²) in [6.07, 6.45) is 1.81. The average Bonchev–Trinajstić information content (AvgIpc) is 2.73. The second-order valence-corrected chi connectivity index (χ2v) is 6.71. The maximum atomic E-state index is 12.8. The molecule has 0 aliphatic carbocycles. The lowest BCUT2D eigenvalue weighted by molar-refractivity contribution is -0.137. The Balaban J connectivity index is 0.00000261. The Morgan fingerprint density at radius 2 is 1.56 bits per heavy atom. The third kappa shape index (κ3) is 4.84. The van der Waals surface area contributed by atoms with Gasteiger partial charge >= 0.3 is 0 Å². The fourth-order valence-electron chi connectivity index (χ4n) is 3.61. The van der Waals surface area contributed by atoms with E-state index in [0.29, 0.717) is 43.2 Å². The van der Waals surface area contributed by atoms with E-state index in [0.717, 1.165) is 25.9 Å². The first-order chi connectivity index (χ1) is 12.6. The number of nitrogens with zero attached hydrogens (tertiary/aromatic N) is 2. The van der Waals surface area contributed by atoms with Crippen molar-refractivity contribution in [3.8, 4) is 11.5 Å². The summed E-state index contributed by atoms with van der Waals surface area (Å²) in [5, 5.41) is 3.29. The number of carbonyl (C=O) groups excluding carboxylic acids is 2. The van der Waals surface area contributed by atoms with Crippen LogP contribution in [-0.4, -0.2) is 75.1 Å².